The van der Waals surface area contributed by atoms with E-state index in [1.165, 1.54) is 6.07 Å². The van der Waals surface area contributed by atoms with E-state index in [2.05, 4.69) is 15.2 Å². The molecule has 1 aromatic carbocycles. The van der Waals surface area contributed by atoms with Crippen molar-refractivity contribution in [2.45, 2.75) is 10.4 Å². The van der Waals surface area contributed by atoms with E-state index in [4.69, 9.17) is 10.3 Å². The number of anilines is 2. The lowest BCUT2D eigenvalue weighted by molar-refractivity contribution is -0.137. The standard InChI is InChI=1S/C11H13N3O3S2.C7H5F4N.ClH/c15-19(16,17)10-7-8-9(18-10)1-2-13-11(8)14-5-3-12-4-6-14;8-5-1-4(7(9,10)11)2-6(12)3-5;/h1-2,7,12H,3-6H2,(H,15,16,17);1-3H,12H2;1H. The summed E-state index contributed by atoms with van der Waals surface area (Å²) >= 11 is 1.06. The molecule has 0 radical (unpaired) electrons. The zero-order chi connectivity index (χ0) is 22.8. The molecule has 14 heteroatoms. The van der Waals surface area contributed by atoms with Crippen molar-refractivity contribution < 1.29 is 30.5 Å². The van der Waals surface area contributed by atoms with Gasteiger partial charge >= 0.3 is 16.3 Å². The summed E-state index contributed by atoms with van der Waals surface area (Å²) in [6.07, 6.45) is -2.87. The largest absolute Gasteiger partial charge is 0.416 e. The van der Waals surface area contributed by atoms with Gasteiger partial charge < -0.3 is 16.0 Å². The van der Waals surface area contributed by atoms with Crippen LogP contribution in [0.4, 0.5) is 29.1 Å². The van der Waals surface area contributed by atoms with E-state index in [1.54, 1.807) is 12.3 Å². The first-order valence-corrected chi connectivity index (χ1v) is 11.2. The van der Waals surface area contributed by atoms with Crippen LogP contribution in [0, 0.1) is 5.82 Å². The summed E-state index contributed by atoms with van der Waals surface area (Å²) in [4.78, 5) is 6.48. The molecule has 1 aliphatic heterocycles. The lowest BCUT2D eigenvalue weighted by atomic mass is 10.2. The van der Waals surface area contributed by atoms with E-state index in [0.29, 0.717) is 12.1 Å². The number of thiophene rings is 1. The van der Waals surface area contributed by atoms with Gasteiger partial charge in [0, 0.05) is 48.1 Å². The highest BCUT2D eigenvalue weighted by atomic mass is 35.5. The maximum atomic E-state index is 12.4. The molecule has 1 saturated heterocycles. The second-order valence-corrected chi connectivity index (χ2v) is 9.33. The molecule has 0 unspecified atom stereocenters. The van der Waals surface area contributed by atoms with Crippen LogP contribution in [0.2, 0.25) is 0 Å². The van der Waals surface area contributed by atoms with E-state index in [0.717, 1.165) is 59.5 Å². The number of alkyl halides is 3. The number of nitrogens with one attached hydrogen (secondary N) is 1. The normalized spacial score (nSPS) is 14.5. The summed E-state index contributed by atoms with van der Waals surface area (Å²) in [6.45, 7) is 3.44. The smallest absolute Gasteiger partial charge is 0.399 e. The van der Waals surface area contributed by atoms with E-state index in [-0.39, 0.29) is 22.3 Å². The van der Waals surface area contributed by atoms with Crippen LogP contribution < -0.4 is 16.0 Å². The zero-order valence-corrected chi connectivity index (χ0v) is 18.7. The number of hydrogen-bond donors (Lipinski definition) is 3. The van der Waals surface area contributed by atoms with Crippen molar-refractivity contribution in [1.82, 2.24) is 10.3 Å². The Labute approximate surface area is 191 Å². The highest BCUT2D eigenvalue weighted by molar-refractivity contribution is 7.88. The van der Waals surface area contributed by atoms with Crippen molar-refractivity contribution in [2.75, 3.05) is 36.8 Å². The van der Waals surface area contributed by atoms with E-state index in [9.17, 15) is 26.0 Å². The molecule has 176 valence electrons. The van der Waals surface area contributed by atoms with Crippen LogP contribution in [0.25, 0.3) is 10.1 Å². The SMILES string of the molecule is Cl.Nc1cc(F)cc(C(F)(F)F)c1.O=S(=O)(O)c1cc2c(N3CCNCC3)nccc2s1. The van der Waals surface area contributed by atoms with Gasteiger partial charge in [-0.3, -0.25) is 4.55 Å². The molecule has 3 heterocycles. The Morgan fingerprint density at radius 2 is 1.81 bits per heavy atom. The van der Waals surface area contributed by atoms with Crippen molar-refractivity contribution in [3.8, 4) is 0 Å². The highest BCUT2D eigenvalue weighted by Gasteiger charge is 2.31. The average molecular weight is 515 g/mol. The number of hydrogen-bond acceptors (Lipinski definition) is 7. The fraction of sp³-hybridized carbons (Fsp3) is 0.278. The second kappa shape index (κ2) is 10.2. The molecular formula is C18H19ClF4N4O3S2. The van der Waals surface area contributed by atoms with Crippen LogP contribution in [0.3, 0.4) is 0 Å². The van der Waals surface area contributed by atoms with Crippen molar-refractivity contribution in [3.63, 3.8) is 0 Å². The lowest BCUT2D eigenvalue weighted by Gasteiger charge is -2.28. The summed E-state index contributed by atoms with van der Waals surface area (Å²) in [5.74, 6) is -0.201. The van der Waals surface area contributed by atoms with Crippen LogP contribution in [0.15, 0.2) is 40.7 Å². The van der Waals surface area contributed by atoms with Crippen LogP contribution >= 0.6 is 23.7 Å². The monoisotopic (exact) mass is 514 g/mol. The summed E-state index contributed by atoms with van der Waals surface area (Å²) < 4.78 is 80.5. The molecule has 0 spiro atoms. The van der Waals surface area contributed by atoms with Crippen molar-refractivity contribution in [2.24, 2.45) is 0 Å². The Hall–Kier alpha value is -2.19. The third-order valence-electron chi connectivity index (χ3n) is 4.32. The number of pyridine rings is 1. The minimum atomic E-state index is -4.55. The number of fused-ring (bicyclic) bond motifs is 1. The fourth-order valence-electron chi connectivity index (χ4n) is 2.96. The van der Waals surface area contributed by atoms with Crippen molar-refractivity contribution in [1.29, 1.82) is 0 Å². The molecule has 0 atom stereocenters. The number of rotatable bonds is 2. The Balaban J connectivity index is 0.000000244. The Morgan fingerprint density at radius 1 is 1.16 bits per heavy atom. The Morgan fingerprint density at radius 3 is 2.38 bits per heavy atom. The van der Waals surface area contributed by atoms with Gasteiger partial charge in [-0.15, -0.1) is 23.7 Å². The number of aromatic nitrogens is 1. The minimum Gasteiger partial charge on any atom is -0.399 e. The molecule has 0 saturated carbocycles. The summed E-state index contributed by atoms with van der Waals surface area (Å²) in [6, 6.07) is 5.18. The first kappa shape index (κ1) is 26.1. The van der Waals surface area contributed by atoms with Crippen molar-refractivity contribution >= 4 is 55.5 Å². The van der Waals surface area contributed by atoms with Gasteiger partial charge in [0.25, 0.3) is 0 Å². The van der Waals surface area contributed by atoms with Gasteiger partial charge in [-0.1, -0.05) is 0 Å². The molecule has 0 amide bonds. The molecule has 4 N–H and O–H groups in total. The maximum absolute atomic E-state index is 12.4. The number of nitrogens with zero attached hydrogens (tertiary/aromatic N) is 2. The van der Waals surface area contributed by atoms with Gasteiger partial charge in [0.1, 0.15) is 15.8 Å². The molecule has 2 aromatic heterocycles. The number of nitrogens with two attached hydrogens (primary N) is 1. The molecule has 1 aliphatic rings. The number of benzene rings is 1. The van der Waals surface area contributed by atoms with Crippen LogP contribution in [0.5, 0.6) is 0 Å². The molecule has 1 fully saturated rings. The number of piperazine rings is 1. The average Bonchev–Trinajstić information content (AvgIpc) is 3.13. The molecule has 0 aliphatic carbocycles. The Kier molecular flexibility index (Phi) is 8.28. The summed E-state index contributed by atoms with van der Waals surface area (Å²) in [5.41, 5.74) is 3.71. The van der Waals surface area contributed by atoms with Crippen LogP contribution in [0.1, 0.15) is 5.56 Å². The predicted octanol–water partition coefficient (Wildman–Crippen LogP) is 3.80. The molecule has 3 aromatic rings. The fourth-order valence-corrected chi connectivity index (χ4v) is 4.70. The highest BCUT2D eigenvalue weighted by Crippen LogP contribution is 2.34. The minimum absolute atomic E-state index is 0. The predicted molar refractivity (Wildman–Crippen MR) is 118 cm³/mol. The lowest BCUT2D eigenvalue weighted by Crippen LogP contribution is -2.43. The third-order valence-corrected chi connectivity index (χ3v) is 6.72. The molecule has 7 nitrogen and oxygen atoms in total. The maximum Gasteiger partial charge on any atom is 0.416 e. The molecule has 32 heavy (non-hydrogen) atoms. The van der Waals surface area contributed by atoms with Crippen LogP contribution in [-0.2, 0) is 16.3 Å². The van der Waals surface area contributed by atoms with Gasteiger partial charge in [-0.05, 0) is 30.3 Å². The van der Waals surface area contributed by atoms with E-state index >= 15 is 0 Å². The zero-order valence-electron chi connectivity index (χ0n) is 16.3. The Bertz CT molecular complexity index is 1160. The van der Waals surface area contributed by atoms with E-state index in [1.807, 2.05) is 0 Å². The number of halogens is 5. The topological polar surface area (TPSA) is 109 Å². The molecule has 4 rings (SSSR count). The number of nitrogen functional groups attached to an aromatic ring is 1. The van der Waals surface area contributed by atoms with Gasteiger partial charge in [0.2, 0.25) is 0 Å². The summed E-state index contributed by atoms with van der Waals surface area (Å²) in [5, 5.41) is 4.04. The first-order chi connectivity index (χ1) is 14.4. The molecule has 0 bridgehead atoms. The van der Waals surface area contributed by atoms with Gasteiger partial charge in [-0.2, -0.15) is 21.6 Å². The first-order valence-electron chi connectivity index (χ1n) is 8.90. The quantitative estimate of drug-likeness (QED) is 0.271. The van der Waals surface area contributed by atoms with Gasteiger partial charge in [-0.25, -0.2) is 9.37 Å². The van der Waals surface area contributed by atoms with Gasteiger partial charge in [0.15, 0.2) is 0 Å². The van der Waals surface area contributed by atoms with Crippen molar-refractivity contribution in [3.05, 3.63) is 47.9 Å². The van der Waals surface area contributed by atoms with Gasteiger partial charge in [0.05, 0.1) is 5.56 Å². The summed E-state index contributed by atoms with van der Waals surface area (Å²) in [7, 11) is -4.15. The van der Waals surface area contributed by atoms with E-state index < -0.39 is 27.7 Å². The van der Waals surface area contributed by atoms with Crippen LogP contribution in [-0.4, -0.2) is 44.1 Å². The second-order valence-electron chi connectivity index (χ2n) is 6.59. The third kappa shape index (κ3) is 6.42. The molecular weight excluding hydrogens is 496 g/mol.